The van der Waals surface area contributed by atoms with E-state index < -0.39 is 50.8 Å². The highest BCUT2D eigenvalue weighted by Crippen LogP contribution is 2.62. The van der Waals surface area contributed by atoms with Crippen LogP contribution in [0.4, 0.5) is 26.3 Å². The van der Waals surface area contributed by atoms with Crippen molar-refractivity contribution < 1.29 is 43.2 Å². The summed E-state index contributed by atoms with van der Waals surface area (Å²) in [5, 5.41) is 0. The van der Waals surface area contributed by atoms with Crippen LogP contribution in [0.5, 0.6) is 0 Å². The van der Waals surface area contributed by atoms with Crippen LogP contribution in [0.25, 0.3) is 0 Å². The van der Waals surface area contributed by atoms with Crippen LogP contribution in [0.3, 0.4) is 0 Å². The second-order valence-corrected chi connectivity index (χ2v) is 21.4. The Labute approximate surface area is 189 Å². The first-order valence-corrected chi connectivity index (χ1v) is 18.7. The fourth-order valence-corrected chi connectivity index (χ4v) is 16.7. The molecule has 0 aromatic heterocycles. The molecule has 0 heterocycles. The summed E-state index contributed by atoms with van der Waals surface area (Å²) in [5.41, 5.74) is -12.3. The number of hydrogen-bond acceptors (Lipinski definition) is 6. The number of rotatable bonds is 10. The zero-order valence-corrected chi connectivity index (χ0v) is 23.1. The molecule has 0 unspecified atom stereocenters. The Hall–Kier alpha value is 0.00688. The Kier molecular flexibility index (Phi) is 12.9. The van der Waals surface area contributed by atoms with E-state index in [4.69, 9.17) is 0 Å². The van der Waals surface area contributed by atoms with Crippen molar-refractivity contribution >= 4 is 35.7 Å². The maximum absolute atomic E-state index is 11.5. The predicted octanol–water partition coefficient (Wildman–Crippen LogP) is 4.30. The molecule has 0 radical (unpaired) electrons. The average Bonchev–Trinajstić information content (AvgIpc) is 2.52. The molecule has 0 rings (SSSR count). The summed E-state index contributed by atoms with van der Waals surface area (Å²) in [6.07, 6.45) is 0. The summed E-state index contributed by atoms with van der Waals surface area (Å²) >= 11 is 0. The molecule has 0 aromatic carbocycles. The van der Waals surface area contributed by atoms with E-state index in [0.29, 0.717) is 0 Å². The quantitative estimate of drug-likeness (QED) is 0.245. The number of alkyl halides is 6. The highest BCUT2D eigenvalue weighted by molar-refractivity contribution is 8.05. The minimum Gasteiger partial charge on any atom is -0.202 e. The van der Waals surface area contributed by atoms with E-state index in [0.717, 1.165) is 0 Å². The first-order valence-electron chi connectivity index (χ1n) is 9.73. The molecule has 0 aromatic rings. The fourth-order valence-electron chi connectivity index (χ4n) is 3.18. The Morgan fingerprint density at radius 3 is 1.12 bits per heavy atom. The summed E-state index contributed by atoms with van der Waals surface area (Å²) < 4.78 is 114. The van der Waals surface area contributed by atoms with E-state index in [1.54, 1.807) is 0 Å². The number of hydrogen-bond donors (Lipinski definition) is 1. The van der Waals surface area contributed by atoms with Gasteiger partial charge in [-0.25, -0.2) is 16.8 Å². The second-order valence-electron chi connectivity index (χ2n) is 8.07. The Morgan fingerprint density at radius 1 is 0.719 bits per heavy atom. The first kappa shape index (κ1) is 34.2. The van der Waals surface area contributed by atoms with Gasteiger partial charge in [0.05, 0.1) is 20.5 Å². The van der Waals surface area contributed by atoms with E-state index in [2.05, 4.69) is 63.3 Å². The Balaban J connectivity index is 0. The van der Waals surface area contributed by atoms with Crippen LogP contribution in [0.15, 0.2) is 0 Å². The third-order valence-corrected chi connectivity index (χ3v) is 17.0. The van der Waals surface area contributed by atoms with Crippen molar-refractivity contribution in [2.75, 3.05) is 38.6 Å². The van der Waals surface area contributed by atoms with Gasteiger partial charge in [-0.1, -0.05) is 23.8 Å². The average molecular weight is 559 g/mol. The zero-order chi connectivity index (χ0) is 26.4. The molecule has 0 saturated carbocycles. The Bertz CT molecular complexity index is 724. The lowest BCUT2D eigenvalue weighted by Gasteiger charge is -2.42. The second kappa shape index (κ2) is 12.1. The van der Waals surface area contributed by atoms with Gasteiger partial charge in [-0.15, -0.1) is 0 Å². The highest BCUT2D eigenvalue weighted by atomic mass is 32.3. The van der Waals surface area contributed by atoms with E-state index in [9.17, 15) is 43.2 Å². The van der Waals surface area contributed by atoms with Crippen LogP contribution in [0, 0.1) is 0 Å². The van der Waals surface area contributed by atoms with E-state index in [1.165, 1.54) is 32.0 Å². The topological polar surface area (TPSA) is 86.8 Å². The van der Waals surface area contributed by atoms with Gasteiger partial charge in [-0.3, -0.25) is 0 Å². The number of halogens is 6. The number of sulfonamides is 2. The highest BCUT2D eigenvalue weighted by Gasteiger charge is 2.55. The monoisotopic (exact) mass is 558 g/mol. The van der Waals surface area contributed by atoms with Crippen LogP contribution >= 0.6 is 7.56 Å². The summed E-state index contributed by atoms with van der Waals surface area (Å²) in [5.74, 6) is 1.46. The van der Waals surface area contributed by atoms with Crippen molar-refractivity contribution in [3.8, 4) is 0 Å². The van der Waals surface area contributed by atoms with Gasteiger partial charge in [0, 0.05) is 26.2 Å². The van der Waals surface area contributed by atoms with Crippen LogP contribution in [-0.4, -0.2) is 83.9 Å². The standard InChI is InChI=1S/C13H34N2PSi.C2HF6NO4S2/c1-9-14(10-2)16(5,13-17(6,7)8)15(11-3)12-4;3-1(4,5)14(10,11)9-15(12,13)2(6,7)8/h9-13H2,1-8H3;9H/q+1;. The molecular weight excluding hydrogens is 523 g/mol. The molecule has 0 spiro atoms. The van der Waals surface area contributed by atoms with Gasteiger partial charge in [0.2, 0.25) is 0 Å². The molecular formula is C15H35F6N3O4PS2Si+. The molecule has 196 valence electrons. The normalized spacial score (nSPS) is 14.5. The van der Waals surface area contributed by atoms with Crippen molar-refractivity contribution in [1.82, 2.24) is 13.5 Å². The molecule has 0 aliphatic rings. The lowest BCUT2D eigenvalue weighted by atomic mass is 10.7. The molecule has 0 amide bonds. The molecule has 0 bridgehead atoms. The van der Waals surface area contributed by atoms with Crippen molar-refractivity contribution in [2.24, 2.45) is 0 Å². The van der Waals surface area contributed by atoms with Crippen molar-refractivity contribution in [2.45, 2.75) is 58.4 Å². The third kappa shape index (κ3) is 10.1. The molecule has 0 aliphatic carbocycles. The lowest BCUT2D eigenvalue weighted by molar-refractivity contribution is -0.0476. The van der Waals surface area contributed by atoms with Gasteiger partial charge in [-0.2, -0.15) is 35.7 Å². The molecule has 0 fully saturated rings. The van der Waals surface area contributed by atoms with Gasteiger partial charge in [0.1, 0.15) is 7.56 Å². The molecule has 32 heavy (non-hydrogen) atoms. The largest absolute Gasteiger partial charge is 0.512 e. The van der Waals surface area contributed by atoms with Gasteiger partial charge in [0.25, 0.3) is 0 Å². The lowest BCUT2D eigenvalue weighted by Crippen LogP contribution is -2.45. The molecule has 0 saturated heterocycles. The van der Waals surface area contributed by atoms with E-state index >= 15 is 0 Å². The summed E-state index contributed by atoms with van der Waals surface area (Å²) in [4.78, 5) is 0. The van der Waals surface area contributed by atoms with Crippen LogP contribution in [0.1, 0.15) is 27.7 Å². The first-order chi connectivity index (χ1) is 14.0. The molecule has 7 nitrogen and oxygen atoms in total. The number of nitrogens with zero attached hydrogens (tertiary/aromatic N) is 2. The molecule has 17 heteroatoms. The van der Waals surface area contributed by atoms with Gasteiger partial charge < -0.3 is 0 Å². The van der Waals surface area contributed by atoms with Crippen LogP contribution in [0.2, 0.25) is 19.6 Å². The third-order valence-electron chi connectivity index (χ3n) is 4.28. The van der Waals surface area contributed by atoms with E-state index in [-0.39, 0.29) is 0 Å². The molecule has 0 atom stereocenters. The van der Waals surface area contributed by atoms with Gasteiger partial charge in [0.15, 0.2) is 0 Å². The summed E-state index contributed by atoms with van der Waals surface area (Å²) in [7, 11) is -15.3. The van der Waals surface area contributed by atoms with Crippen molar-refractivity contribution in [3.63, 3.8) is 0 Å². The van der Waals surface area contributed by atoms with Crippen LogP contribution in [-0.2, 0) is 20.0 Å². The molecule has 0 aliphatic heterocycles. The molecule has 1 N–H and O–H groups in total. The zero-order valence-electron chi connectivity index (χ0n) is 19.6. The van der Waals surface area contributed by atoms with Gasteiger partial charge >= 0.3 is 31.1 Å². The maximum Gasteiger partial charge on any atom is 0.512 e. The minimum absolute atomic E-state index is 0.493. The van der Waals surface area contributed by atoms with E-state index in [1.807, 2.05) is 0 Å². The van der Waals surface area contributed by atoms with Gasteiger partial charge in [-0.05, 0) is 27.7 Å². The SMILES string of the molecule is CCN(CC)[P+](C)(C[Si](C)(C)C)N(CC)CC.O=S(=O)(NS(=O)(=O)C(F)(F)F)C(F)(F)F. The summed E-state index contributed by atoms with van der Waals surface area (Å²) in [6.45, 7) is 24.1. The number of nitrogens with one attached hydrogen (secondary N) is 1. The van der Waals surface area contributed by atoms with Crippen LogP contribution < -0.4 is 4.13 Å². The van der Waals surface area contributed by atoms with Crippen molar-refractivity contribution in [1.29, 1.82) is 0 Å². The van der Waals surface area contributed by atoms with Crippen molar-refractivity contribution in [3.05, 3.63) is 0 Å². The Morgan fingerprint density at radius 2 is 0.969 bits per heavy atom. The summed E-state index contributed by atoms with van der Waals surface area (Å²) in [6, 6.07) is 0. The smallest absolute Gasteiger partial charge is 0.202 e. The fraction of sp³-hybridized carbons (Fsp3) is 1.00. The minimum atomic E-state index is -6.60. The predicted molar refractivity (Wildman–Crippen MR) is 120 cm³/mol. The maximum atomic E-state index is 11.5.